The van der Waals surface area contributed by atoms with Crippen LogP contribution in [0, 0.1) is 5.41 Å². The molecule has 5 heteroatoms. The number of thiophene rings is 1. The van der Waals surface area contributed by atoms with Crippen LogP contribution in [0.1, 0.15) is 28.9 Å². The van der Waals surface area contributed by atoms with E-state index in [2.05, 4.69) is 0 Å². The summed E-state index contributed by atoms with van der Waals surface area (Å²) < 4.78 is 11.4. The second kappa shape index (κ2) is 5.84. The Labute approximate surface area is 123 Å². The molecule has 0 aromatic carbocycles. The van der Waals surface area contributed by atoms with E-state index in [1.165, 1.54) is 11.3 Å². The molecule has 0 aliphatic carbocycles. The lowest BCUT2D eigenvalue weighted by molar-refractivity contribution is -0.142. The molecule has 0 bridgehead atoms. The van der Waals surface area contributed by atoms with Crippen LogP contribution in [-0.2, 0) is 9.47 Å². The van der Waals surface area contributed by atoms with Crippen LogP contribution in [-0.4, -0.2) is 50.3 Å². The molecule has 2 fully saturated rings. The Morgan fingerprint density at radius 2 is 2.55 bits per heavy atom. The van der Waals surface area contributed by atoms with E-state index in [4.69, 9.17) is 9.47 Å². The number of carbonyl (C=O) groups excluding carboxylic acids is 1. The molecule has 3 rings (SSSR count). The molecule has 2 aliphatic rings. The van der Waals surface area contributed by atoms with Crippen LogP contribution in [0.5, 0.6) is 0 Å². The van der Waals surface area contributed by atoms with Gasteiger partial charge in [0.25, 0.3) is 5.91 Å². The number of piperidine rings is 1. The van der Waals surface area contributed by atoms with Crippen molar-refractivity contribution in [2.45, 2.75) is 25.4 Å². The summed E-state index contributed by atoms with van der Waals surface area (Å²) in [6.07, 6.45) is 3.30. The summed E-state index contributed by atoms with van der Waals surface area (Å²) in [5.74, 6) is 0.152. The summed E-state index contributed by atoms with van der Waals surface area (Å²) in [7, 11) is 1.74. The fourth-order valence-corrected chi connectivity index (χ4v) is 4.21. The van der Waals surface area contributed by atoms with E-state index in [1.807, 2.05) is 22.4 Å². The lowest BCUT2D eigenvalue weighted by Crippen LogP contribution is -2.57. The van der Waals surface area contributed by atoms with E-state index < -0.39 is 0 Å². The molecule has 1 aromatic rings. The number of hydrogen-bond acceptors (Lipinski definition) is 4. The van der Waals surface area contributed by atoms with Crippen LogP contribution in [0.15, 0.2) is 17.5 Å². The molecular formula is C15H21NO3S. The summed E-state index contributed by atoms with van der Waals surface area (Å²) in [4.78, 5) is 15.3. The van der Waals surface area contributed by atoms with Gasteiger partial charge in [0.2, 0.25) is 0 Å². The van der Waals surface area contributed by atoms with Crippen molar-refractivity contribution in [2.75, 3.05) is 33.4 Å². The van der Waals surface area contributed by atoms with Gasteiger partial charge in [0, 0.05) is 32.2 Å². The van der Waals surface area contributed by atoms with Crippen molar-refractivity contribution in [3.63, 3.8) is 0 Å². The number of likely N-dealkylation sites (tertiary alicyclic amines) is 1. The van der Waals surface area contributed by atoms with Crippen molar-refractivity contribution in [3.05, 3.63) is 22.4 Å². The number of nitrogens with zero attached hydrogens (tertiary/aromatic N) is 1. The molecule has 0 radical (unpaired) electrons. The monoisotopic (exact) mass is 295 g/mol. The van der Waals surface area contributed by atoms with Gasteiger partial charge in [-0.3, -0.25) is 4.79 Å². The molecule has 4 nitrogen and oxygen atoms in total. The summed E-state index contributed by atoms with van der Waals surface area (Å²) >= 11 is 1.51. The number of hydrogen-bond donors (Lipinski definition) is 0. The number of carbonyl (C=O) groups is 1. The van der Waals surface area contributed by atoms with E-state index in [-0.39, 0.29) is 17.4 Å². The number of rotatable bonds is 3. The zero-order valence-corrected chi connectivity index (χ0v) is 12.7. The fraction of sp³-hybridized carbons (Fsp3) is 0.667. The largest absolute Gasteiger partial charge is 0.384 e. The third-order valence-electron chi connectivity index (χ3n) is 4.44. The van der Waals surface area contributed by atoms with Crippen LogP contribution in [0.4, 0.5) is 0 Å². The Bertz CT molecular complexity index is 458. The molecule has 3 heterocycles. The highest BCUT2D eigenvalue weighted by molar-refractivity contribution is 7.12. The van der Waals surface area contributed by atoms with Crippen molar-refractivity contribution < 1.29 is 14.3 Å². The van der Waals surface area contributed by atoms with Gasteiger partial charge in [0.15, 0.2) is 0 Å². The first-order valence-corrected chi connectivity index (χ1v) is 8.06. The quantitative estimate of drug-likeness (QED) is 0.859. The molecule has 0 spiro atoms. The SMILES string of the molecule is COC[C@]12CCCO[C@@H]1CCN(C(=O)c1cccs1)C2. The minimum atomic E-state index is -0.0157. The summed E-state index contributed by atoms with van der Waals surface area (Å²) in [6, 6.07) is 3.83. The summed E-state index contributed by atoms with van der Waals surface area (Å²) in [6.45, 7) is 3.05. The third kappa shape index (κ3) is 2.50. The molecule has 2 saturated heterocycles. The van der Waals surface area contributed by atoms with Gasteiger partial charge in [0.1, 0.15) is 0 Å². The van der Waals surface area contributed by atoms with Crippen LogP contribution in [0.3, 0.4) is 0 Å². The summed E-state index contributed by atoms with van der Waals surface area (Å²) in [5, 5.41) is 1.95. The van der Waals surface area contributed by atoms with E-state index in [1.54, 1.807) is 7.11 Å². The minimum Gasteiger partial charge on any atom is -0.384 e. The maximum Gasteiger partial charge on any atom is 0.263 e. The Kier molecular flexibility index (Phi) is 4.10. The maximum absolute atomic E-state index is 12.5. The van der Waals surface area contributed by atoms with Gasteiger partial charge < -0.3 is 14.4 Å². The van der Waals surface area contributed by atoms with Gasteiger partial charge in [-0.2, -0.15) is 0 Å². The molecule has 2 aliphatic heterocycles. The maximum atomic E-state index is 12.5. The van der Waals surface area contributed by atoms with Crippen LogP contribution >= 0.6 is 11.3 Å². The Balaban J connectivity index is 1.77. The first kappa shape index (κ1) is 14.0. The predicted molar refractivity (Wildman–Crippen MR) is 78.1 cm³/mol. The van der Waals surface area contributed by atoms with Gasteiger partial charge in [-0.05, 0) is 30.7 Å². The number of ether oxygens (including phenoxy) is 2. The van der Waals surface area contributed by atoms with Gasteiger partial charge >= 0.3 is 0 Å². The van der Waals surface area contributed by atoms with Crippen molar-refractivity contribution in [3.8, 4) is 0 Å². The van der Waals surface area contributed by atoms with Crippen molar-refractivity contribution in [1.29, 1.82) is 0 Å². The summed E-state index contributed by atoms with van der Waals surface area (Å²) in [5.41, 5.74) is -0.0157. The highest BCUT2D eigenvalue weighted by Crippen LogP contribution is 2.40. The Morgan fingerprint density at radius 3 is 3.30 bits per heavy atom. The van der Waals surface area contributed by atoms with Gasteiger partial charge in [-0.25, -0.2) is 0 Å². The number of amides is 1. The van der Waals surface area contributed by atoms with Gasteiger partial charge in [-0.1, -0.05) is 6.07 Å². The lowest BCUT2D eigenvalue weighted by atomic mass is 9.73. The number of methoxy groups -OCH3 is 1. The molecule has 1 amide bonds. The molecule has 0 unspecified atom stereocenters. The first-order valence-electron chi connectivity index (χ1n) is 7.18. The van der Waals surface area contributed by atoms with Crippen molar-refractivity contribution in [1.82, 2.24) is 4.90 Å². The third-order valence-corrected chi connectivity index (χ3v) is 5.30. The zero-order valence-electron chi connectivity index (χ0n) is 11.8. The highest BCUT2D eigenvalue weighted by atomic mass is 32.1. The standard InChI is InChI=1S/C15H21NO3S/c1-18-11-15-6-3-8-19-13(15)5-7-16(10-15)14(17)12-4-2-9-20-12/h2,4,9,13H,3,5-8,10-11H2,1H3/t13-,15-/m1/s1. The van der Waals surface area contributed by atoms with E-state index >= 15 is 0 Å². The average molecular weight is 295 g/mol. The second-order valence-electron chi connectivity index (χ2n) is 5.75. The van der Waals surface area contributed by atoms with Crippen molar-refractivity contribution >= 4 is 17.2 Å². The van der Waals surface area contributed by atoms with Gasteiger partial charge in [0.05, 0.1) is 17.6 Å². The smallest absolute Gasteiger partial charge is 0.263 e. The molecule has 2 atom stereocenters. The Hall–Kier alpha value is -0.910. The van der Waals surface area contributed by atoms with Crippen LogP contribution in [0.25, 0.3) is 0 Å². The second-order valence-corrected chi connectivity index (χ2v) is 6.70. The molecule has 110 valence electrons. The van der Waals surface area contributed by atoms with Crippen LogP contribution in [0.2, 0.25) is 0 Å². The van der Waals surface area contributed by atoms with Gasteiger partial charge in [-0.15, -0.1) is 11.3 Å². The zero-order chi connectivity index (χ0) is 14.0. The van der Waals surface area contributed by atoms with Crippen LogP contribution < -0.4 is 0 Å². The lowest BCUT2D eigenvalue weighted by Gasteiger charge is -2.50. The van der Waals surface area contributed by atoms with E-state index in [0.29, 0.717) is 6.61 Å². The fourth-order valence-electron chi connectivity index (χ4n) is 3.52. The molecule has 20 heavy (non-hydrogen) atoms. The van der Waals surface area contributed by atoms with E-state index in [0.717, 1.165) is 43.8 Å². The highest BCUT2D eigenvalue weighted by Gasteiger charge is 2.47. The minimum absolute atomic E-state index is 0.0157. The number of fused-ring (bicyclic) bond motifs is 1. The van der Waals surface area contributed by atoms with E-state index in [9.17, 15) is 4.79 Å². The molecule has 1 aromatic heterocycles. The molecule has 0 N–H and O–H groups in total. The normalized spacial score (nSPS) is 30.1. The first-order chi connectivity index (χ1) is 9.75. The molecular weight excluding hydrogens is 274 g/mol. The average Bonchev–Trinajstić information content (AvgIpc) is 3.00. The topological polar surface area (TPSA) is 38.8 Å². The van der Waals surface area contributed by atoms with Crippen molar-refractivity contribution in [2.24, 2.45) is 5.41 Å². The molecule has 0 saturated carbocycles. The predicted octanol–water partition coefficient (Wildman–Crippen LogP) is 2.41. The Morgan fingerprint density at radius 1 is 1.65 bits per heavy atom.